The maximum absolute atomic E-state index is 9.31. The molecule has 66 valence electrons. The molecule has 12 heavy (non-hydrogen) atoms. The van der Waals surface area contributed by atoms with E-state index in [4.69, 9.17) is 11.2 Å². The van der Waals surface area contributed by atoms with Crippen LogP contribution in [0.4, 0.5) is 0 Å². The first-order valence-corrected chi connectivity index (χ1v) is 4.13. The van der Waals surface area contributed by atoms with E-state index in [0.717, 1.165) is 0 Å². The van der Waals surface area contributed by atoms with Gasteiger partial charge in [0.1, 0.15) is 12.2 Å². The minimum absolute atomic E-state index is 0.0365. The van der Waals surface area contributed by atoms with Crippen LogP contribution in [0.25, 0.3) is 0 Å². The van der Waals surface area contributed by atoms with Gasteiger partial charge in [-0.15, -0.1) is 6.42 Å². The molecule has 2 nitrogen and oxygen atoms in total. The molecular weight excluding hydrogens is 152 g/mol. The lowest BCUT2D eigenvalue weighted by Gasteiger charge is -2.28. The Balaban J connectivity index is 2.66. The number of rotatable bonds is 1. The van der Waals surface area contributed by atoms with Crippen molar-refractivity contribution in [2.24, 2.45) is 5.92 Å². The zero-order valence-corrected chi connectivity index (χ0v) is 7.40. The van der Waals surface area contributed by atoms with Gasteiger partial charge in [0.15, 0.2) is 0 Å². The Morgan fingerprint density at radius 1 is 1.50 bits per heavy atom. The molecule has 0 aromatic rings. The van der Waals surface area contributed by atoms with E-state index in [9.17, 15) is 5.11 Å². The Morgan fingerprint density at radius 3 is 2.67 bits per heavy atom. The molecule has 3 atom stereocenters. The molecular formula is C10H14O2. The molecule has 0 saturated heterocycles. The lowest BCUT2D eigenvalue weighted by atomic mass is 10.0. The summed E-state index contributed by atoms with van der Waals surface area (Å²) >= 11 is 0. The van der Waals surface area contributed by atoms with E-state index < -0.39 is 12.2 Å². The van der Waals surface area contributed by atoms with Gasteiger partial charge in [0.25, 0.3) is 0 Å². The van der Waals surface area contributed by atoms with Gasteiger partial charge in [0, 0.05) is 0 Å². The zero-order valence-electron chi connectivity index (χ0n) is 7.40. The minimum Gasteiger partial charge on any atom is -0.385 e. The van der Waals surface area contributed by atoms with E-state index in [0.29, 0.717) is 5.92 Å². The van der Waals surface area contributed by atoms with Crippen molar-refractivity contribution in [2.75, 3.05) is 0 Å². The Kier molecular flexibility index (Phi) is 2.91. The average Bonchev–Trinajstić information content (AvgIpc) is 2.05. The molecule has 0 spiro atoms. The van der Waals surface area contributed by atoms with Gasteiger partial charge in [-0.05, 0) is 5.92 Å². The van der Waals surface area contributed by atoms with Crippen molar-refractivity contribution in [3.8, 4) is 12.3 Å². The maximum Gasteiger partial charge on any atom is 0.148 e. The summed E-state index contributed by atoms with van der Waals surface area (Å²) in [5.74, 6) is 2.81. The smallest absolute Gasteiger partial charge is 0.148 e. The van der Waals surface area contributed by atoms with Gasteiger partial charge in [0.2, 0.25) is 0 Å². The van der Waals surface area contributed by atoms with Gasteiger partial charge in [-0.1, -0.05) is 31.9 Å². The molecule has 0 amide bonds. The van der Waals surface area contributed by atoms with Crippen LogP contribution in [0.1, 0.15) is 13.8 Å². The van der Waals surface area contributed by atoms with E-state index in [-0.39, 0.29) is 6.10 Å². The van der Waals surface area contributed by atoms with Crippen LogP contribution < -0.4 is 0 Å². The first-order chi connectivity index (χ1) is 5.65. The van der Waals surface area contributed by atoms with Crippen LogP contribution in [0, 0.1) is 18.3 Å². The molecule has 1 heterocycles. The normalized spacial score (nSPS) is 35.1. The number of terminal acetylenes is 1. The van der Waals surface area contributed by atoms with Gasteiger partial charge in [-0.3, -0.25) is 0 Å². The molecule has 1 aliphatic rings. The number of aliphatic hydroxyl groups is 1. The van der Waals surface area contributed by atoms with Gasteiger partial charge in [0.05, 0.1) is 6.10 Å². The standard InChI is InChI=1S/C10H14O2/c1-4-9-8(11)5-6-10(12-9)7(2)3/h1,5-11H,2-3H3/t8-,9-,10+/m1/s1. The molecule has 2 heteroatoms. The number of hydrogen-bond acceptors (Lipinski definition) is 2. The van der Waals surface area contributed by atoms with Crippen molar-refractivity contribution in [3.63, 3.8) is 0 Å². The summed E-state index contributed by atoms with van der Waals surface area (Å²) in [5.41, 5.74) is 0. The Morgan fingerprint density at radius 2 is 2.17 bits per heavy atom. The third-order valence-electron chi connectivity index (χ3n) is 1.93. The van der Waals surface area contributed by atoms with Crippen LogP contribution in [0.3, 0.4) is 0 Å². The topological polar surface area (TPSA) is 29.5 Å². The number of hydrogen-bond donors (Lipinski definition) is 1. The van der Waals surface area contributed by atoms with Crippen LogP contribution in [0.2, 0.25) is 0 Å². The lowest BCUT2D eigenvalue weighted by Crippen LogP contribution is -2.36. The number of aliphatic hydroxyl groups excluding tert-OH is 1. The summed E-state index contributed by atoms with van der Waals surface area (Å²) in [6, 6.07) is 0. The predicted octanol–water partition coefficient (Wildman–Crippen LogP) is 0.960. The third kappa shape index (κ3) is 1.88. The van der Waals surface area contributed by atoms with Crippen LogP contribution in [-0.2, 0) is 4.74 Å². The second kappa shape index (κ2) is 3.75. The predicted molar refractivity (Wildman–Crippen MR) is 47.5 cm³/mol. The minimum atomic E-state index is -0.648. The highest BCUT2D eigenvalue weighted by molar-refractivity contribution is 5.11. The summed E-state index contributed by atoms with van der Waals surface area (Å²) in [6.07, 6.45) is 7.66. The molecule has 0 unspecified atom stereocenters. The molecule has 0 aromatic heterocycles. The monoisotopic (exact) mass is 166 g/mol. The SMILES string of the molecule is C#C[C@H]1O[C@H](C(C)C)C=C[C@H]1O. The molecule has 0 fully saturated rings. The van der Waals surface area contributed by atoms with Crippen LogP contribution >= 0.6 is 0 Å². The summed E-state index contributed by atoms with van der Waals surface area (Å²) in [5, 5.41) is 9.31. The van der Waals surface area contributed by atoms with Crippen molar-refractivity contribution in [3.05, 3.63) is 12.2 Å². The molecule has 1 N–H and O–H groups in total. The number of ether oxygens (including phenoxy) is 1. The molecule has 0 bridgehead atoms. The second-order valence-corrected chi connectivity index (χ2v) is 3.31. The second-order valence-electron chi connectivity index (χ2n) is 3.31. The van der Waals surface area contributed by atoms with Crippen molar-refractivity contribution >= 4 is 0 Å². The van der Waals surface area contributed by atoms with E-state index in [2.05, 4.69) is 19.8 Å². The van der Waals surface area contributed by atoms with Crippen LogP contribution in [0.5, 0.6) is 0 Å². The van der Waals surface area contributed by atoms with E-state index in [1.54, 1.807) is 6.08 Å². The summed E-state index contributed by atoms with van der Waals surface area (Å²) in [7, 11) is 0. The fraction of sp³-hybridized carbons (Fsp3) is 0.600. The van der Waals surface area contributed by atoms with Gasteiger partial charge in [-0.25, -0.2) is 0 Å². The Bertz CT molecular complexity index is 212. The quantitative estimate of drug-likeness (QED) is 0.464. The third-order valence-corrected chi connectivity index (χ3v) is 1.93. The van der Waals surface area contributed by atoms with Crippen LogP contribution in [-0.4, -0.2) is 23.4 Å². The van der Waals surface area contributed by atoms with Crippen molar-refractivity contribution in [2.45, 2.75) is 32.2 Å². The van der Waals surface area contributed by atoms with Gasteiger partial charge in [-0.2, -0.15) is 0 Å². The van der Waals surface area contributed by atoms with E-state index >= 15 is 0 Å². The van der Waals surface area contributed by atoms with Crippen molar-refractivity contribution in [1.82, 2.24) is 0 Å². The molecule has 1 aliphatic heterocycles. The fourth-order valence-electron chi connectivity index (χ4n) is 1.14. The van der Waals surface area contributed by atoms with E-state index in [1.165, 1.54) is 0 Å². The summed E-state index contributed by atoms with van der Waals surface area (Å²) < 4.78 is 5.44. The molecule has 0 aromatic carbocycles. The lowest BCUT2D eigenvalue weighted by molar-refractivity contribution is -0.0408. The Labute approximate surface area is 73.2 Å². The van der Waals surface area contributed by atoms with Gasteiger partial charge < -0.3 is 9.84 Å². The average molecular weight is 166 g/mol. The van der Waals surface area contributed by atoms with Gasteiger partial charge >= 0.3 is 0 Å². The first-order valence-electron chi connectivity index (χ1n) is 4.13. The summed E-state index contributed by atoms with van der Waals surface area (Å²) in [6.45, 7) is 4.11. The molecule has 0 aliphatic carbocycles. The van der Waals surface area contributed by atoms with Crippen molar-refractivity contribution < 1.29 is 9.84 Å². The largest absolute Gasteiger partial charge is 0.385 e. The molecule has 0 radical (unpaired) electrons. The maximum atomic E-state index is 9.31. The highest BCUT2D eigenvalue weighted by Gasteiger charge is 2.25. The first kappa shape index (κ1) is 9.31. The fourth-order valence-corrected chi connectivity index (χ4v) is 1.14. The van der Waals surface area contributed by atoms with Crippen LogP contribution in [0.15, 0.2) is 12.2 Å². The summed E-state index contributed by atoms with van der Waals surface area (Å²) in [4.78, 5) is 0. The van der Waals surface area contributed by atoms with Crippen molar-refractivity contribution in [1.29, 1.82) is 0 Å². The highest BCUT2D eigenvalue weighted by atomic mass is 16.5. The zero-order chi connectivity index (χ0) is 9.14. The Hall–Kier alpha value is -0.780. The molecule has 0 saturated carbocycles. The van der Waals surface area contributed by atoms with E-state index in [1.807, 2.05) is 6.08 Å². The molecule has 1 rings (SSSR count). The highest BCUT2D eigenvalue weighted by Crippen LogP contribution is 2.18.